The van der Waals surface area contributed by atoms with Gasteiger partial charge in [-0.15, -0.1) is 0 Å². The molecule has 0 saturated carbocycles. The minimum atomic E-state index is 0.470. The van der Waals surface area contributed by atoms with Crippen LogP contribution in [0.4, 0.5) is 0 Å². The van der Waals surface area contributed by atoms with Gasteiger partial charge in [-0.25, -0.2) is 0 Å². The van der Waals surface area contributed by atoms with Crippen molar-refractivity contribution in [2.75, 3.05) is 33.8 Å². The molecule has 3 heteroatoms. The van der Waals surface area contributed by atoms with Crippen molar-refractivity contribution in [3.63, 3.8) is 0 Å². The molecular formula is C13H28N2O. The van der Waals surface area contributed by atoms with Gasteiger partial charge in [0.05, 0.1) is 6.10 Å². The highest BCUT2D eigenvalue weighted by molar-refractivity contribution is 4.72. The van der Waals surface area contributed by atoms with Crippen LogP contribution in [0.3, 0.4) is 0 Å². The molecule has 0 aromatic carbocycles. The molecule has 16 heavy (non-hydrogen) atoms. The molecule has 0 aliphatic carbocycles. The van der Waals surface area contributed by atoms with E-state index in [0.29, 0.717) is 12.1 Å². The van der Waals surface area contributed by atoms with E-state index >= 15 is 0 Å². The summed E-state index contributed by atoms with van der Waals surface area (Å²) in [5.74, 6) is 0. The summed E-state index contributed by atoms with van der Waals surface area (Å²) in [4.78, 5) is 2.41. The molecule has 1 aliphatic heterocycles. The first-order valence-corrected chi connectivity index (χ1v) is 6.73. The second-order valence-corrected chi connectivity index (χ2v) is 4.98. The van der Waals surface area contributed by atoms with Gasteiger partial charge in [-0.05, 0) is 39.8 Å². The van der Waals surface area contributed by atoms with Gasteiger partial charge in [0.2, 0.25) is 0 Å². The van der Waals surface area contributed by atoms with E-state index in [-0.39, 0.29) is 0 Å². The van der Waals surface area contributed by atoms with E-state index < -0.39 is 0 Å². The molecule has 2 unspecified atom stereocenters. The third-order valence-corrected chi connectivity index (χ3v) is 3.37. The highest BCUT2D eigenvalue weighted by Gasteiger charge is 2.17. The molecule has 0 aromatic rings. The second kappa shape index (κ2) is 8.04. The van der Waals surface area contributed by atoms with Gasteiger partial charge in [0.1, 0.15) is 0 Å². The number of hydrogen-bond acceptors (Lipinski definition) is 3. The fraction of sp³-hybridized carbons (Fsp3) is 1.00. The van der Waals surface area contributed by atoms with E-state index in [9.17, 15) is 0 Å². The van der Waals surface area contributed by atoms with Crippen molar-refractivity contribution in [2.24, 2.45) is 0 Å². The zero-order valence-electron chi connectivity index (χ0n) is 11.2. The van der Waals surface area contributed by atoms with Gasteiger partial charge in [-0.2, -0.15) is 0 Å². The summed E-state index contributed by atoms with van der Waals surface area (Å²) in [5.41, 5.74) is 0. The Kier molecular flexibility index (Phi) is 7.01. The fourth-order valence-corrected chi connectivity index (χ4v) is 2.43. The molecule has 1 saturated heterocycles. The SMILES string of the molecule is CCCC(CN(C)CC1CCCCO1)NC. The Labute approximate surface area is 101 Å². The molecule has 1 aliphatic rings. The third kappa shape index (κ3) is 5.28. The summed E-state index contributed by atoms with van der Waals surface area (Å²) in [7, 11) is 4.27. The smallest absolute Gasteiger partial charge is 0.0701 e. The largest absolute Gasteiger partial charge is 0.377 e. The molecule has 1 N–H and O–H groups in total. The number of nitrogens with one attached hydrogen (secondary N) is 1. The van der Waals surface area contributed by atoms with Gasteiger partial charge >= 0.3 is 0 Å². The lowest BCUT2D eigenvalue weighted by atomic mass is 10.1. The van der Waals surface area contributed by atoms with Gasteiger partial charge in [-0.3, -0.25) is 0 Å². The van der Waals surface area contributed by atoms with Gasteiger partial charge in [0.25, 0.3) is 0 Å². The summed E-state index contributed by atoms with van der Waals surface area (Å²) in [5, 5.41) is 3.39. The third-order valence-electron chi connectivity index (χ3n) is 3.37. The van der Waals surface area contributed by atoms with E-state index in [1.807, 2.05) is 0 Å². The zero-order valence-corrected chi connectivity index (χ0v) is 11.2. The molecular weight excluding hydrogens is 200 g/mol. The number of nitrogens with zero attached hydrogens (tertiary/aromatic N) is 1. The normalized spacial score (nSPS) is 23.6. The number of rotatable bonds is 7. The van der Waals surface area contributed by atoms with Crippen molar-refractivity contribution in [1.29, 1.82) is 0 Å². The Morgan fingerprint density at radius 2 is 2.25 bits per heavy atom. The Hall–Kier alpha value is -0.120. The van der Waals surface area contributed by atoms with Crippen LogP contribution >= 0.6 is 0 Å². The van der Waals surface area contributed by atoms with E-state index in [4.69, 9.17) is 4.74 Å². The van der Waals surface area contributed by atoms with Crippen LogP contribution in [0.15, 0.2) is 0 Å². The summed E-state index contributed by atoms with van der Waals surface area (Å²) in [6, 6.07) is 0.624. The molecule has 0 amide bonds. The first-order valence-electron chi connectivity index (χ1n) is 6.73. The van der Waals surface area contributed by atoms with E-state index in [0.717, 1.165) is 19.7 Å². The molecule has 0 radical (unpaired) electrons. The Bertz CT molecular complexity index is 163. The van der Waals surface area contributed by atoms with Crippen molar-refractivity contribution in [3.8, 4) is 0 Å². The number of hydrogen-bond donors (Lipinski definition) is 1. The van der Waals surface area contributed by atoms with Crippen molar-refractivity contribution in [2.45, 2.75) is 51.2 Å². The van der Waals surface area contributed by atoms with Crippen LogP contribution in [0.2, 0.25) is 0 Å². The first-order chi connectivity index (χ1) is 7.76. The average molecular weight is 228 g/mol. The summed E-state index contributed by atoms with van der Waals surface area (Å²) in [6.45, 7) is 5.42. The summed E-state index contributed by atoms with van der Waals surface area (Å²) >= 11 is 0. The van der Waals surface area contributed by atoms with Crippen LogP contribution in [0, 0.1) is 0 Å². The average Bonchev–Trinajstić information content (AvgIpc) is 2.29. The molecule has 96 valence electrons. The summed E-state index contributed by atoms with van der Waals surface area (Å²) in [6.07, 6.45) is 6.80. The first kappa shape index (κ1) is 13.9. The molecule has 2 atom stereocenters. The van der Waals surface area contributed by atoms with Crippen LogP contribution in [0.5, 0.6) is 0 Å². The topological polar surface area (TPSA) is 24.5 Å². The van der Waals surface area contributed by atoms with Crippen LogP contribution in [0.25, 0.3) is 0 Å². The van der Waals surface area contributed by atoms with Crippen molar-refractivity contribution in [3.05, 3.63) is 0 Å². The zero-order chi connectivity index (χ0) is 11.8. The Balaban J connectivity index is 2.19. The van der Waals surface area contributed by atoms with Crippen LogP contribution in [-0.2, 0) is 4.74 Å². The van der Waals surface area contributed by atoms with Crippen LogP contribution in [0.1, 0.15) is 39.0 Å². The lowest BCUT2D eigenvalue weighted by molar-refractivity contribution is -0.00261. The second-order valence-electron chi connectivity index (χ2n) is 4.98. The van der Waals surface area contributed by atoms with Crippen LogP contribution in [-0.4, -0.2) is 50.8 Å². The number of ether oxygens (including phenoxy) is 1. The minimum Gasteiger partial charge on any atom is -0.377 e. The molecule has 1 fully saturated rings. The predicted molar refractivity (Wildman–Crippen MR) is 68.8 cm³/mol. The monoisotopic (exact) mass is 228 g/mol. The van der Waals surface area contributed by atoms with Gasteiger partial charge in [0, 0.05) is 25.7 Å². The molecule has 1 rings (SSSR count). The van der Waals surface area contributed by atoms with Gasteiger partial charge in [0.15, 0.2) is 0 Å². The van der Waals surface area contributed by atoms with Gasteiger partial charge < -0.3 is 15.0 Å². The fourth-order valence-electron chi connectivity index (χ4n) is 2.43. The van der Waals surface area contributed by atoms with E-state index in [1.54, 1.807) is 0 Å². The minimum absolute atomic E-state index is 0.470. The maximum atomic E-state index is 5.76. The molecule has 0 bridgehead atoms. The van der Waals surface area contributed by atoms with Crippen molar-refractivity contribution >= 4 is 0 Å². The maximum absolute atomic E-state index is 5.76. The Morgan fingerprint density at radius 3 is 2.81 bits per heavy atom. The van der Waals surface area contributed by atoms with Crippen molar-refractivity contribution in [1.82, 2.24) is 10.2 Å². The highest BCUT2D eigenvalue weighted by atomic mass is 16.5. The quantitative estimate of drug-likeness (QED) is 0.720. The maximum Gasteiger partial charge on any atom is 0.0701 e. The Morgan fingerprint density at radius 1 is 1.44 bits per heavy atom. The van der Waals surface area contributed by atoms with Crippen molar-refractivity contribution < 1.29 is 4.74 Å². The molecule has 0 spiro atoms. The van der Waals surface area contributed by atoms with E-state index in [1.165, 1.54) is 32.1 Å². The number of likely N-dealkylation sites (N-methyl/N-ethyl adjacent to an activating group) is 2. The predicted octanol–water partition coefficient (Wildman–Crippen LogP) is 1.88. The van der Waals surface area contributed by atoms with Gasteiger partial charge in [-0.1, -0.05) is 13.3 Å². The lowest BCUT2D eigenvalue weighted by Gasteiger charge is -2.29. The molecule has 3 nitrogen and oxygen atoms in total. The highest BCUT2D eigenvalue weighted by Crippen LogP contribution is 2.13. The molecule has 0 aromatic heterocycles. The summed E-state index contributed by atoms with van der Waals surface area (Å²) < 4.78 is 5.76. The lowest BCUT2D eigenvalue weighted by Crippen LogP contribution is -2.41. The van der Waals surface area contributed by atoms with Crippen LogP contribution < -0.4 is 5.32 Å². The standard InChI is InChI=1S/C13H28N2O/c1-4-7-12(14-2)10-15(3)11-13-8-5-6-9-16-13/h12-14H,4-11H2,1-3H3. The molecule has 1 heterocycles. The van der Waals surface area contributed by atoms with E-state index in [2.05, 4.69) is 31.2 Å².